The molecule has 0 aliphatic carbocycles. The van der Waals surface area contributed by atoms with Crippen LogP contribution in [0.4, 0.5) is 4.39 Å². The second-order valence-corrected chi connectivity index (χ2v) is 5.31. The fourth-order valence-electron chi connectivity index (χ4n) is 2.00. The molecule has 1 N–H and O–H groups in total. The Balaban J connectivity index is 2.24. The molecule has 0 radical (unpaired) electrons. The van der Waals surface area contributed by atoms with Gasteiger partial charge in [0, 0.05) is 16.7 Å². The van der Waals surface area contributed by atoms with Crippen molar-refractivity contribution in [2.45, 2.75) is 18.9 Å². The van der Waals surface area contributed by atoms with E-state index in [4.69, 9.17) is 0 Å². The van der Waals surface area contributed by atoms with Crippen molar-refractivity contribution in [2.75, 3.05) is 13.1 Å². The van der Waals surface area contributed by atoms with Crippen LogP contribution >= 0.6 is 22.6 Å². The van der Waals surface area contributed by atoms with Crippen molar-refractivity contribution in [1.82, 2.24) is 4.90 Å². The zero-order chi connectivity index (χ0) is 12.4. The molecule has 1 aliphatic heterocycles. The number of halogens is 2. The number of hydrogen-bond acceptors (Lipinski definition) is 2. The molecule has 17 heavy (non-hydrogen) atoms. The lowest BCUT2D eigenvalue weighted by molar-refractivity contribution is 0.0469. The Morgan fingerprint density at radius 1 is 1.53 bits per heavy atom. The van der Waals surface area contributed by atoms with Gasteiger partial charge in [0.15, 0.2) is 0 Å². The van der Waals surface area contributed by atoms with Crippen LogP contribution in [0, 0.1) is 9.39 Å². The van der Waals surface area contributed by atoms with Gasteiger partial charge in [-0.1, -0.05) is 6.07 Å². The van der Waals surface area contributed by atoms with Crippen molar-refractivity contribution in [3.63, 3.8) is 0 Å². The number of hydrogen-bond donors (Lipinski definition) is 1. The maximum absolute atomic E-state index is 13.6. The standard InChI is InChI=1S/C12H13FINO2/c13-9-4-1-5-10(14)11(9)12(17)15-6-2-3-8(16)7-15/h1,4-5,8,16H,2-3,6-7H2. The molecule has 1 heterocycles. The monoisotopic (exact) mass is 349 g/mol. The molecule has 1 atom stereocenters. The van der Waals surface area contributed by atoms with Crippen LogP contribution in [0.1, 0.15) is 23.2 Å². The van der Waals surface area contributed by atoms with E-state index in [1.165, 1.54) is 11.0 Å². The highest BCUT2D eigenvalue weighted by Gasteiger charge is 2.26. The number of benzene rings is 1. The molecule has 1 saturated heterocycles. The van der Waals surface area contributed by atoms with E-state index >= 15 is 0 Å². The minimum absolute atomic E-state index is 0.113. The smallest absolute Gasteiger partial charge is 0.258 e. The zero-order valence-corrected chi connectivity index (χ0v) is 11.4. The largest absolute Gasteiger partial charge is 0.391 e. The first-order valence-electron chi connectivity index (χ1n) is 5.51. The molecule has 92 valence electrons. The van der Waals surface area contributed by atoms with Crippen molar-refractivity contribution >= 4 is 28.5 Å². The van der Waals surface area contributed by atoms with Gasteiger partial charge in [-0.15, -0.1) is 0 Å². The lowest BCUT2D eigenvalue weighted by Gasteiger charge is -2.30. The Labute approximate surface area is 113 Å². The van der Waals surface area contributed by atoms with E-state index < -0.39 is 11.9 Å². The molecule has 3 nitrogen and oxygen atoms in total. The summed E-state index contributed by atoms with van der Waals surface area (Å²) in [6.07, 6.45) is 0.980. The molecule has 0 bridgehead atoms. The molecule has 1 unspecified atom stereocenters. The van der Waals surface area contributed by atoms with Crippen LogP contribution in [-0.4, -0.2) is 35.1 Å². The minimum atomic E-state index is -0.498. The normalized spacial score (nSPS) is 20.4. The van der Waals surface area contributed by atoms with E-state index in [-0.39, 0.29) is 11.5 Å². The molecule has 1 aromatic rings. The summed E-state index contributed by atoms with van der Waals surface area (Å²) < 4.78 is 14.2. The highest BCUT2D eigenvalue weighted by molar-refractivity contribution is 14.1. The Bertz CT molecular complexity index is 418. The van der Waals surface area contributed by atoms with Crippen molar-refractivity contribution in [3.8, 4) is 0 Å². The fraction of sp³-hybridized carbons (Fsp3) is 0.417. The van der Waals surface area contributed by atoms with Crippen LogP contribution in [0.25, 0.3) is 0 Å². The third-order valence-electron chi connectivity index (χ3n) is 2.86. The molecule has 2 rings (SSSR count). The maximum Gasteiger partial charge on any atom is 0.258 e. The number of β-amino-alcohol motifs (C(OH)–C–C–N with tert-alkyl or cyclic N) is 1. The van der Waals surface area contributed by atoms with Gasteiger partial charge in [0.1, 0.15) is 5.82 Å². The molecule has 5 heteroatoms. The van der Waals surface area contributed by atoms with Gasteiger partial charge in [-0.25, -0.2) is 4.39 Å². The van der Waals surface area contributed by atoms with E-state index in [9.17, 15) is 14.3 Å². The number of aliphatic hydroxyl groups excluding tert-OH is 1. The Morgan fingerprint density at radius 3 is 2.94 bits per heavy atom. The van der Waals surface area contributed by atoms with Crippen LogP contribution in [-0.2, 0) is 0 Å². The Hall–Kier alpha value is -0.690. The lowest BCUT2D eigenvalue weighted by Crippen LogP contribution is -2.42. The highest BCUT2D eigenvalue weighted by atomic mass is 127. The SMILES string of the molecule is O=C(c1c(F)cccc1I)N1CCCC(O)C1. The van der Waals surface area contributed by atoms with Crippen molar-refractivity contribution in [3.05, 3.63) is 33.1 Å². The summed E-state index contributed by atoms with van der Waals surface area (Å²) in [5.41, 5.74) is 0.113. The molecular formula is C12H13FINO2. The number of amides is 1. The van der Waals surface area contributed by atoms with Gasteiger partial charge < -0.3 is 10.0 Å². The Morgan fingerprint density at radius 2 is 2.29 bits per heavy atom. The predicted octanol–water partition coefficient (Wildman–Crippen LogP) is 2.03. The van der Waals surface area contributed by atoms with E-state index in [0.717, 1.165) is 6.42 Å². The van der Waals surface area contributed by atoms with Crippen LogP contribution in [0.5, 0.6) is 0 Å². The summed E-state index contributed by atoms with van der Waals surface area (Å²) in [6, 6.07) is 4.58. The molecule has 0 spiro atoms. The molecule has 0 saturated carbocycles. The molecular weight excluding hydrogens is 336 g/mol. The quantitative estimate of drug-likeness (QED) is 0.789. The molecule has 1 aromatic carbocycles. The van der Waals surface area contributed by atoms with E-state index in [2.05, 4.69) is 0 Å². The third kappa shape index (κ3) is 2.77. The number of aliphatic hydroxyl groups is 1. The van der Waals surface area contributed by atoms with Crippen molar-refractivity contribution in [1.29, 1.82) is 0 Å². The second kappa shape index (κ2) is 5.30. The van der Waals surface area contributed by atoms with Crippen LogP contribution < -0.4 is 0 Å². The number of nitrogens with zero attached hydrogens (tertiary/aromatic N) is 1. The minimum Gasteiger partial charge on any atom is -0.391 e. The second-order valence-electron chi connectivity index (χ2n) is 4.14. The first kappa shape index (κ1) is 12.8. The van der Waals surface area contributed by atoms with Gasteiger partial charge in [-0.2, -0.15) is 0 Å². The van der Waals surface area contributed by atoms with E-state index in [1.807, 2.05) is 22.6 Å². The van der Waals surface area contributed by atoms with Crippen molar-refractivity contribution in [2.24, 2.45) is 0 Å². The summed E-state index contributed by atoms with van der Waals surface area (Å²) in [5, 5.41) is 9.52. The predicted molar refractivity (Wildman–Crippen MR) is 70.3 cm³/mol. The van der Waals surface area contributed by atoms with Gasteiger partial charge >= 0.3 is 0 Å². The summed E-state index contributed by atoms with van der Waals surface area (Å²) >= 11 is 1.95. The summed E-state index contributed by atoms with van der Waals surface area (Å²) in [4.78, 5) is 13.7. The lowest BCUT2D eigenvalue weighted by atomic mass is 10.1. The molecule has 1 aliphatic rings. The highest BCUT2D eigenvalue weighted by Crippen LogP contribution is 2.20. The third-order valence-corrected chi connectivity index (χ3v) is 3.76. The van der Waals surface area contributed by atoms with Gasteiger partial charge in [-0.05, 0) is 47.6 Å². The summed E-state index contributed by atoms with van der Waals surface area (Å²) in [7, 11) is 0. The molecule has 0 aromatic heterocycles. The fourth-order valence-corrected chi connectivity index (χ4v) is 2.70. The maximum atomic E-state index is 13.6. The average molecular weight is 349 g/mol. The van der Waals surface area contributed by atoms with E-state index in [0.29, 0.717) is 23.1 Å². The van der Waals surface area contributed by atoms with Crippen LogP contribution in [0.3, 0.4) is 0 Å². The van der Waals surface area contributed by atoms with E-state index in [1.54, 1.807) is 12.1 Å². The van der Waals surface area contributed by atoms with Gasteiger partial charge in [0.2, 0.25) is 0 Å². The number of likely N-dealkylation sites (tertiary alicyclic amines) is 1. The number of carbonyl (C=O) groups is 1. The summed E-state index contributed by atoms with van der Waals surface area (Å²) in [6.45, 7) is 0.879. The van der Waals surface area contributed by atoms with Gasteiger partial charge in [0.05, 0.1) is 11.7 Å². The number of carbonyl (C=O) groups excluding carboxylic acids is 1. The molecule has 1 fully saturated rings. The zero-order valence-electron chi connectivity index (χ0n) is 9.20. The molecule has 1 amide bonds. The van der Waals surface area contributed by atoms with Gasteiger partial charge in [0.25, 0.3) is 5.91 Å². The first-order valence-corrected chi connectivity index (χ1v) is 6.59. The first-order chi connectivity index (χ1) is 8.09. The Kier molecular flexibility index (Phi) is 3.98. The number of piperidine rings is 1. The van der Waals surface area contributed by atoms with Gasteiger partial charge in [-0.3, -0.25) is 4.79 Å². The summed E-state index contributed by atoms with van der Waals surface area (Å²) in [5.74, 6) is -0.826. The number of rotatable bonds is 1. The average Bonchev–Trinajstić information content (AvgIpc) is 2.28. The topological polar surface area (TPSA) is 40.5 Å². The van der Waals surface area contributed by atoms with Crippen LogP contribution in [0.2, 0.25) is 0 Å². The van der Waals surface area contributed by atoms with Crippen LogP contribution in [0.15, 0.2) is 18.2 Å². The van der Waals surface area contributed by atoms with Crippen molar-refractivity contribution < 1.29 is 14.3 Å².